The normalized spacial score (nSPS) is 13.0. The molecule has 0 fully saturated rings. The predicted octanol–water partition coefficient (Wildman–Crippen LogP) is 2.45. The van der Waals surface area contributed by atoms with E-state index >= 15 is 0 Å². The summed E-state index contributed by atoms with van der Waals surface area (Å²) in [6, 6.07) is 5.73. The van der Waals surface area contributed by atoms with Gasteiger partial charge < -0.3 is 10.2 Å². The van der Waals surface area contributed by atoms with Crippen LogP contribution in [0.4, 0.5) is 0 Å². The van der Waals surface area contributed by atoms with E-state index in [1.54, 1.807) is 27.7 Å². The largest absolute Gasteiger partial charge is 0.386 e. The number of aryl methyl sites for hydroxylation is 1. The molecule has 0 aliphatic carbocycles. The molecule has 0 heterocycles. The van der Waals surface area contributed by atoms with Crippen molar-refractivity contribution in [1.82, 2.24) is 0 Å². The third-order valence-corrected chi connectivity index (χ3v) is 2.49. The van der Waals surface area contributed by atoms with Crippen LogP contribution in [-0.2, 0) is 11.2 Å². The summed E-state index contributed by atoms with van der Waals surface area (Å²) in [5.74, 6) is 0. The molecule has 1 aromatic carbocycles. The molecule has 1 aromatic rings. The molecule has 0 aliphatic heterocycles. The van der Waals surface area contributed by atoms with Crippen LogP contribution in [0.2, 0.25) is 0 Å². The van der Waals surface area contributed by atoms with Crippen LogP contribution in [0.3, 0.4) is 0 Å². The summed E-state index contributed by atoms with van der Waals surface area (Å²) < 4.78 is 0. The van der Waals surface area contributed by atoms with Gasteiger partial charge in [0.2, 0.25) is 0 Å². The van der Waals surface area contributed by atoms with Gasteiger partial charge in [-0.25, -0.2) is 0 Å². The fourth-order valence-electron chi connectivity index (χ4n) is 1.49. The molecule has 0 radical (unpaired) electrons. The monoisotopic (exact) mass is 208 g/mol. The Morgan fingerprint density at radius 2 is 1.13 bits per heavy atom. The van der Waals surface area contributed by atoms with Gasteiger partial charge in [0, 0.05) is 0 Å². The Kier molecular flexibility index (Phi) is 2.94. The lowest BCUT2D eigenvalue weighted by molar-refractivity contribution is 0.0717. The van der Waals surface area contributed by atoms with E-state index < -0.39 is 11.2 Å². The Balaban J connectivity index is 3.30. The lowest BCUT2D eigenvalue weighted by atomic mass is 9.89. The van der Waals surface area contributed by atoms with E-state index in [-0.39, 0.29) is 0 Å². The summed E-state index contributed by atoms with van der Waals surface area (Å²) in [6.07, 6.45) is 0. The van der Waals surface area contributed by atoms with Gasteiger partial charge in [-0.1, -0.05) is 23.8 Å². The lowest BCUT2D eigenvalue weighted by Gasteiger charge is -2.24. The Hall–Kier alpha value is -0.860. The minimum absolute atomic E-state index is 0.833. The van der Waals surface area contributed by atoms with Crippen molar-refractivity contribution in [2.45, 2.75) is 45.8 Å². The Morgan fingerprint density at radius 1 is 0.800 bits per heavy atom. The summed E-state index contributed by atoms with van der Waals surface area (Å²) >= 11 is 0. The van der Waals surface area contributed by atoms with Crippen molar-refractivity contribution in [3.05, 3.63) is 34.9 Å². The van der Waals surface area contributed by atoms with E-state index in [1.807, 2.05) is 25.1 Å². The van der Waals surface area contributed by atoms with E-state index in [2.05, 4.69) is 0 Å². The van der Waals surface area contributed by atoms with Gasteiger partial charge in [0.15, 0.2) is 0 Å². The van der Waals surface area contributed by atoms with Gasteiger partial charge in [-0.15, -0.1) is 0 Å². The van der Waals surface area contributed by atoms with Gasteiger partial charge in [0.25, 0.3) is 0 Å². The molecule has 0 amide bonds. The van der Waals surface area contributed by atoms with E-state index in [0.717, 1.165) is 16.7 Å². The maximum absolute atomic E-state index is 9.92. The first-order valence-corrected chi connectivity index (χ1v) is 5.18. The van der Waals surface area contributed by atoms with Crippen molar-refractivity contribution >= 4 is 0 Å². The molecule has 15 heavy (non-hydrogen) atoms. The number of rotatable bonds is 2. The fourth-order valence-corrected chi connectivity index (χ4v) is 1.49. The Labute approximate surface area is 91.6 Å². The average Bonchev–Trinajstić information content (AvgIpc) is 1.99. The first-order chi connectivity index (χ1) is 6.60. The number of aliphatic hydroxyl groups is 2. The number of hydrogen-bond acceptors (Lipinski definition) is 2. The van der Waals surface area contributed by atoms with E-state index in [0.29, 0.717) is 0 Å². The second-order valence-corrected chi connectivity index (χ2v) is 5.21. The maximum atomic E-state index is 9.92. The smallest absolute Gasteiger partial charge is 0.0840 e. The van der Waals surface area contributed by atoms with Gasteiger partial charge in [0.05, 0.1) is 11.2 Å². The molecule has 2 N–H and O–H groups in total. The molecule has 2 heteroatoms. The molecule has 0 spiro atoms. The fraction of sp³-hybridized carbons (Fsp3) is 0.538. The Bertz CT molecular complexity index is 322. The second-order valence-electron chi connectivity index (χ2n) is 5.21. The van der Waals surface area contributed by atoms with Gasteiger partial charge in [-0.3, -0.25) is 0 Å². The maximum Gasteiger partial charge on any atom is 0.0840 e. The van der Waals surface area contributed by atoms with Crippen LogP contribution in [0.15, 0.2) is 18.2 Å². The minimum Gasteiger partial charge on any atom is -0.386 e. The van der Waals surface area contributed by atoms with Crippen molar-refractivity contribution in [1.29, 1.82) is 0 Å². The number of benzene rings is 1. The lowest BCUT2D eigenvalue weighted by Crippen LogP contribution is -2.20. The standard InChI is InChI=1S/C13H20O2/c1-9-6-10(12(2,3)14)8-11(7-9)13(4,5)15/h6-8,14-15H,1-5H3. The topological polar surface area (TPSA) is 40.5 Å². The van der Waals surface area contributed by atoms with Gasteiger partial charge in [0.1, 0.15) is 0 Å². The van der Waals surface area contributed by atoms with Gasteiger partial charge >= 0.3 is 0 Å². The van der Waals surface area contributed by atoms with Crippen LogP contribution in [0.5, 0.6) is 0 Å². The van der Waals surface area contributed by atoms with Gasteiger partial charge in [-0.05, 0) is 45.7 Å². The van der Waals surface area contributed by atoms with Crippen LogP contribution in [0.25, 0.3) is 0 Å². The van der Waals surface area contributed by atoms with Crippen LogP contribution in [0.1, 0.15) is 44.4 Å². The first-order valence-electron chi connectivity index (χ1n) is 5.18. The molecule has 1 rings (SSSR count). The van der Waals surface area contributed by atoms with Crippen LogP contribution >= 0.6 is 0 Å². The van der Waals surface area contributed by atoms with Crippen LogP contribution < -0.4 is 0 Å². The molecule has 0 bridgehead atoms. The van der Waals surface area contributed by atoms with Crippen molar-refractivity contribution in [2.75, 3.05) is 0 Å². The van der Waals surface area contributed by atoms with E-state index in [9.17, 15) is 10.2 Å². The number of hydrogen-bond donors (Lipinski definition) is 2. The molecule has 0 unspecified atom stereocenters. The molecule has 84 valence electrons. The molecular weight excluding hydrogens is 188 g/mol. The summed E-state index contributed by atoms with van der Waals surface area (Å²) in [5, 5.41) is 19.8. The van der Waals surface area contributed by atoms with E-state index in [1.165, 1.54) is 0 Å². The minimum atomic E-state index is -0.869. The van der Waals surface area contributed by atoms with Crippen LogP contribution in [-0.4, -0.2) is 10.2 Å². The summed E-state index contributed by atoms with van der Waals surface area (Å²) in [5.41, 5.74) is 0.976. The molecule has 0 saturated carbocycles. The highest BCUT2D eigenvalue weighted by Crippen LogP contribution is 2.27. The van der Waals surface area contributed by atoms with Crippen molar-refractivity contribution in [3.8, 4) is 0 Å². The summed E-state index contributed by atoms with van der Waals surface area (Å²) in [4.78, 5) is 0. The van der Waals surface area contributed by atoms with Crippen LogP contribution in [0, 0.1) is 6.92 Å². The van der Waals surface area contributed by atoms with Gasteiger partial charge in [-0.2, -0.15) is 0 Å². The zero-order valence-electron chi connectivity index (χ0n) is 10.1. The van der Waals surface area contributed by atoms with Crippen molar-refractivity contribution in [2.24, 2.45) is 0 Å². The average molecular weight is 208 g/mol. The molecular formula is C13H20O2. The second kappa shape index (κ2) is 3.62. The summed E-state index contributed by atoms with van der Waals surface area (Å²) in [6.45, 7) is 8.95. The zero-order valence-corrected chi connectivity index (χ0v) is 10.1. The predicted molar refractivity (Wildman–Crippen MR) is 61.7 cm³/mol. The zero-order chi connectivity index (χ0) is 11.9. The molecule has 0 aliphatic rings. The highest BCUT2D eigenvalue weighted by atomic mass is 16.3. The highest BCUT2D eigenvalue weighted by molar-refractivity contribution is 5.35. The third kappa shape index (κ3) is 3.05. The highest BCUT2D eigenvalue weighted by Gasteiger charge is 2.21. The first kappa shape index (κ1) is 12.2. The van der Waals surface area contributed by atoms with E-state index in [4.69, 9.17) is 0 Å². The molecule has 0 saturated heterocycles. The quantitative estimate of drug-likeness (QED) is 0.783. The van der Waals surface area contributed by atoms with Crippen molar-refractivity contribution < 1.29 is 10.2 Å². The molecule has 0 atom stereocenters. The Morgan fingerprint density at radius 3 is 1.40 bits per heavy atom. The molecule has 0 aromatic heterocycles. The molecule has 2 nitrogen and oxygen atoms in total. The SMILES string of the molecule is Cc1cc(C(C)(C)O)cc(C(C)(C)O)c1. The third-order valence-electron chi connectivity index (χ3n) is 2.49. The summed E-state index contributed by atoms with van der Waals surface area (Å²) in [7, 11) is 0. The van der Waals surface area contributed by atoms with Crippen molar-refractivity contribution in [3.63, 3.8) is 0 Å².